The molecule has 7 heteroatoms. The van der Waals surface area contributed by atoms with E-state index in [1.807, 2.05) is 0 Å². The van der Waals surface area contributed by atoms with E-state index in [0.717, 1.165) is 19.1 Å². The first-order chi connectivity index (χ1) is 7.79. The Bertz CT molecular complexity index is 361. The molecule has 0 aliphatic carbocycles. The molecule has 1 rings (SSSR count). The summed E-state index contributed by atoms with van der Waals surface area (Å²) in [6.45, 7) is 3.01. The highest BCUT2D eigenvalue weighted by molar-refractivity contribution is 7.98. The minimum Gasteiger partial charge on any atom is -0.313 e. The molecule has 1 aromatic heterocycles. The van der Waals surface area contributed by atoms with Gasteiger partial charge >= 0.3 is 6.18 Å². The number of thioether (sulfide) groups is 1. The topological polar surface area (TPSA) is 38.9 Å². The highest BCUT2D eigenvalue weighted by atomic mass is 32.2. The molecule has 0 saturated heterocycles. The standard InChI is InChI=1S/C10H15F3N2S2/c1-3-4-16-6-8-15-7(5-17-8)9(2,14)10(11,12)13/h5H,3-4,6,14H2,1-2H3. The molecule has 0 aliphatic heterocycles. The first-order valence-electron chi connectivity index (χ1n) is 5.17. The van der Waals surface area contributed by atoms with Crippen LogP contribution >= 0.6 is 23.1 Å². The van der Waals surface area contributed by atoms with Gasteiger partial charge in [-0.05, 0) is 19.1 Å². The minimum atomic E-state index is -4.48. The van der Waals surface area contributed by atoms with E-state index < -0.39 is 11.7 Å². The minimum absolute atomic E-state index is 0.0953. The number of hydrogen-bond acceptors (Lipinski definition) is 4. The molecule has 17 heavy (non-hydrogen) atoms. The fraction of sp³-hybridized carbons (Fsp3) is 0.700. The number of nitrogens with zero attached hydrogens (tertiary/aromatic N) is 1. The number of aromatic nitrogens is 1. The van der Waals surface area contributed by atoms with Gasteiger partial charge in [-0.2, -0.15) is 24.9 Å². The second-order valence-corrected chi connectivity index (χ2v) is 5.93. The number of halogens is 3. The summed E-state index contributed by atoms with van der Waals surface area (Å²) in [6, 6.07) is 0. The van der Waals surface area contributed by atoms with Gasteiger partial charge in [-0.15, -0.1) is 11.3 Å². The summed E-state index contributed by atoms with van der Waals surface area (Å²) in [6.07, 6.45) is -3.44. The zero-order chi connectivity index (χ0) is 13.1. The van der Waals surface area contributed by atoms with E-state index >= 15 is 0 Å². The SMILES string of the molecule is CCCSCc1nc(C(C)(N)C(F)(F)F)cs1. The molecule has 0 bridgehead atoms. The maximum Gasteiger partial charge on any atom is 0.411 e. The Morgan fingerprint density at radius 2 is 2.12 bits per heavy atom. The number of hydrogen-bond donors (Lipinski definition) is 1. The fourth-order valence-electron chi connectivity index (χ4n) is 1.06. The second kappa shape index (κ2) is 5.58. The lowest BCUT2D eigenvalue weighted by molar-refractivity contribution is -0.185. The van der Waals surface area contributed by atoms with E-state index in [-0.39, 0.29) is 5.69 Å². The monoisotopic (exact) mass is 284 g/mol. The van der Waals surface area contributed by atoms with Crippen molar-refractivity contribution in [2.75, 3.05) is 5.75 Å². The van der Waals surface area contributed by atoms with Crippen LogP contribution < -0.4 is 5.73 Å². The van der Waals surface area contributed by atoms with Crippen molar-refractivity contribution in [3.05, 3.63) is 16.1 Å². The molecule has 1 atom stereocenters. The molecule has 0 radical (unpaired) electrons. The highest BCUT2D eigenvalue weighted by Gasteiger charge is 2.50. The van der Waals surface area contributed by atoms with Gasteiger partial charge in [0.15, 0.2) is 5.54 Å². The van der Waals surface area contributed by atoms with Crippen LogP contribution in [0.25, 0.3) is 0 Å². The third-order valence-electron chi connectivity index (χ3n) is 2.25. The third-order valence-corrected chi connectivity index (χ3v) is 4.45. The van der Waals surface area contributed by atoms with Crippen LogP contribution in [0.1, 0.15) is 31.0 Å². The second-order valence-electron chi connectivity index (χ2n) is 3.88. The van der Waals surface area contributed by atoms with E-state index in [4.69, 9.17) is 5.73 Å². The van der Waals surface area contributed by atoms with Crippen LogP contribution in [0.3, 0.4) is 0 Å². The van der Waals surface area contributed by atoms with Crippen LogP contribution in [0, 0.1) is 0 Å². The zero-order valence-electron chi connectivity index (χ0n) is 9.67. The fourth-order valence-corrected chi connectivity index (χ4v) is 2.96. The Kier molecular flexibility index (Phi) is 4.86. The summed E-state index contributed by atoms with van der Waals surface area (Å²) in [7, 11) is 0. The normalized spacial score (nSPS) is 15.9. The van der Waals surface area contributed by atoms with Gasteiger partial charge in [0.25, 0.3) is 0 Å². The van der Waals surface area contributed by atoms with Crippen molar-refractivity contribution in [1.82, 2.24) is 4.98 Å². The van der Waals surface area contributed by atoms with Crippen molar-refractivity contribution >= 4 is 23.1 Å². The highest BCUT2D eigenvalue weighted by Crippen LogP contribution is 2.36. The van der Waals surface area contributed by atoms with E-state index in [1.54, 1.807) is 11.8 Å². The summed E-state index contributed by atoms with van der Waals surface area (Å²) in [5, 5.41) is 2.09. The predicted octanol–water partition coefficient (Wildman–Crippen LogP) is 3.52. The summed E-state index contributed by atoms with van der Waals surface area (Å²) in [4.78, 5) is 3.97. The van der Waals surface area contributed by atoms with Crippen molar-refractivity contribution in [2.45, 2.75) is 37.7 Å². The van der Waals surface area contributed by atoms with Crippen molar-refractivity contribution in [2.24, 2.45) is 5.73 Å². The van der Waals surface area contributed by atoms with Crippen LogP contribution in [-0.4, -0.2) is 16.9 Å². The van der Waals surface area contributed by atoms with Gasteiger partial charge in [0, 0.05) is 11.1 Å². The largest absolute Gasteiger partial charge is 0.411 e. The van der Waals surface area contributed by atoms with Gasteiger partial charge in [-0.1, -0.05) is 6.92 Å². The van der Waals surface area contributed by atoms with Gasteiger partial charge in [0.1, 0.15) is 5.01 Å². The van der Waals surface area contributed by atoms with Crippen molar-refractivity contribution in [3.8, 4) is 0 Å². The Labute approximate surface area is 107 Å². The number of thiazole rings is 1. The zero-order valence-corrected chi connectivity index (χ0v) is 11.3. The van der Waals surface area contributed by atoms with Crippen molar-refractivity contribution < 1.29 is 13.2 Å². The quantitative estimate of drug-likeness (QED) is 0.841. The smallest absolute Gasteiger partial charge is 0.313 e. The summed E-state index contributed by atoms with van der Waals surface area (Å²) < 4.78 is 38.0. The average Bonchev–Trinajstić information content (AvgIpc) is 2.65. The molecular formula is C10H15F3N2S2. The molecular weight excluding hydrogens is 269 g/mol. The van der Waals surface area contributed by atoms with Crippen molar-refractivity contribution in [3.63, 3.8) is 0 Å². The lowest BCUT2D eigenvalue weighted by Crippen LogP contribution is -2.47. The maximum absolute atomic E-state index is 12.7. The Hall–Kier alpha value is -0.270. The van der Waals surface area contributed by atoms with E-state index in [9.17, 15) is 13.2 Å². The Morgan fingerprint density at radius 3 is 2.65 bits per heavy atom. The maximum atomic E-state index is 12.7. The molecule has 0 spiro atoms. The first kappa shape index (κ1) is 14.8. The summed E-state index contributed by atoms with van der Waals surface area (Å²) >= 11 is 2.89. The molecule has 0 fully saturated rings. The van der Waals surface area contributed by atoms with E-state index in [0.29, 0.717) is 10.8 Å². The Balaban J connectivity index is 2.74. The molecule has 1 unspecified atom stereocenters. The van der Waals surface area contributed by atoms with Gasteiger partial charge in [0.05, 0.1) is 5.69 Å². The van der Waals surface area contributed by atoms with E-state index in [1.165, 1.54) is 16.7 Å². The molecule has 0 saturated carbocycles. The molecule has 0 amide bonds. The molecule has 1 heterocycles. The lowest BCUT2D eigenvalue weighted by atomic mass is 10.00. The van der Waals surface area contributed by atoms with Gasteiger partial charge < -0.3 is 5.73 Å². The van der Waals surface area contributed by atoms with Gasteiger partial charge in [0.2, 0.25) is 0 Å². The van der Waals surface area contributed by atoms with Crippen molar-refractivity contribution in [1.29, 1.82) is 0 Å². The predicted molar refractivity (Wildman–Crippen MR) is 66.2 cm³/mol. The van der Waals surface area contributed by atoms with Crippen LogP contribution in [0.2, 0.25) is 0 Å². The molecule has 2 N–H and O–H groups in total. The van der Waals surface area contributed by atoms with Crippen LogP contribution in [0.5, 0.6) is 0 Å². The van der Waals surface area contributed by atoms with Crippen LogP contribution in [0.4, 0.5) is 13.2 Å². The van der Waals surface area contributed by atoms with Crippen LogP contribution in [0.15, 0.2) is 5.38 Å². The molecule has 0 aromatic carbocycles. The summed E-state index contributed by atoms with van der Waals surface area (Å²) in [5.41, 5.74) is 2.84. The average molecular weight is 284 g/mol. The molecule has 1 aromatic rings. The Morgan fingerprint density at radius 1 is 1.47 bits per heavy atom. The molecule has 98 valence electrons. The van der Waals surface area contributed by atoms with Gasteiger partial charge in [-0.25, -0.2) is 4.98 Å². The van der Waals surface area contributed by atoms with Crippen LogP contribution in [-0.2, 0) is 11.3 Å². The molecule has 0 aliphatic rings. The number of rotatable bonds is 5. The lowest BCUT2D eigenvalue weighted by Gasteiger charge is -2.25. The third kappa shape index (κ3) is 3.59. The van der Waals surface area contributed by atoms with E-state index in [2.05, 4.69) is 11.9 Å². The first-order valence-corrected chi connectivity index (χ1v) is 7.20. The molecule has 2 nitrogen and oxygen atoms in total. The summed E-state index contributed by atoms with van der Waals surface area (Å²) in [5.74, 6) is 1.63. The number of alkyl halides is 3. The number of nitrogens with two attached hydrogens (primary N) is 1. The van der Waals surface area contributed by atoms with Gasteiger partial charge in [-0.3, -0.25) is 0 Å².